The van der Waals surface area contributed by atoms with Crippen LogP contribution in [0.15, 0.2) is 4.42 Å². The van der Waals surface area contributed by atoms with Gasteiger partial charge in [0.1, 0.15) is 0 Å². The number of aromatic nitrogens is 2. The van der Waals surface area contributed by atoms with E-state index in [1.807, 2.05) is 0 Å². The predicted molar refractivity (Wildman–Crippen MR) is 56.0 cm³/mol. The summed E-state index contributed by atoms with van der Waals surface area (Å²) in [6.45, 7) is 2.25. The maximum absolute atomic E-state index is 11.1. The number of carbonyl (C=O) groups excluding carboxylic acids is 1. The fraction of sp³-hybridized carbons (Fsp3) is 0.727. The van der Waals surface area contributed by atoms with Crippen LogP contribution in [0.25, 0.3) is 0 Å². The molecular formula is C11H16N2O3. The molecule has 88 valence electrons. The number of rotatable bonds is 2. The number of nitrogens with zero attached hydrogens (tertiary/aromatic N) is 2. The van der Waals surface area contributed by atoms with Crippen LogP contribution in [0.5, 0.6) is 0 Å². The van der Waals surface area contributed by atoms with Gasteiger partial charge in [-0.15, -0.1) is 10.2 Å². The molecule has 0 atom stereocenters. The highest BCUT2D eigenvalue weighted by molar-refractivity contribution is 5.83. The van der Waals surface area contributed by atoms with E-state index in [9.17, 15) is 4.79 Å². The Balaban J connectivity index is 2.04. The van der Waals surface area contributed by atoms with Crippen molar-refractivity contribution in [3.63, 3.8) is 0 Å². The van der Waals surface area contributed by atoms with E-state index in [-0.39, 0.29) is 5.89 Å². The highest BCUT2D eigenvalue weighted by Gasteiger charge is 2.25. The number of hydrogen-bond donors (Lipinski definition) is 0. The smallest absolute Gasteiger partial charge is 0.396 e. The zero-order valence-electron chi connectivity index (χ0n) is 9.60. The van der Waals surface area contributed by atoms with Gasteiger partial charge in [0.05, 0.1) is 7.11 Å². The molecule has 0 N–H and O–H groups in total. The first kappa shape index (κ1) is 11.1. The summed E-state index contributed by atoms with van der Waals surface area (Å²) in [5, 5.41) is 7.61. The molecule has 5 nitrogen and oxygen atoms in total. The SMILES string of the molecule is COC(=O)c1nnc(C2CCC(C)CC2)o1. The van der Waals surface area contributed by atoms with E-state index in [0.717, 1.165) is 18.8 Å². The first-order valence-electron chi connectivity index (χ1n) is 5.62. The van der Waals surface area contributed by atoms with Gasteiger partial charge in [0.2, 0.25) is 5.89 Å². The molecule has 1 aromatic rings. The Kier molecular flexibility index (Phi) is 3.22. The maximum atomic E-state index is 11.1. The molecular weight excluding hydrogens is 208 g/mol. The molecule has 1 heterocycles. The molecule has 16 heavy (non-hydrogen) atoms. The minimum absolute atomic E-state index is 0.0453. The summed E-state index contributed by atoms with van der Waals surface area (Å²) in [4.78, 5) is 11.1. The van der Waals surface area contributed by atoms with Crippen molar-refractivity contribution in [2.24, 2.45) is 5.92 Å². The van der Waals surface area contributed by atoms with Crippen molar-refractivity contribution in [3.8, 4) is 0 Å². The van der Waals surface area contributed by atoms with E-state index in [1.54, 1.807) is 0 Å². The van der Waals surface area contributed by atoms with Crippen LogP contribution in [0.2, 0.25) is 0 Å². The molecule has 1 aliphatic rings. The number of hydrogen-bond acceptors (Lipinski definition) is 5. The van der Waals surface area contributed by atoms with Crippen LogP contribution in [0.3, 0.4) is 0 Å². The van der Waals surface area contributed by atoms with Crippen LogP contribution < -0.4 is 0 Å². The van der Waals surface area contributed by atoms with E-state index < -0.39 is 5.97 Å². The largest absolute Gasteiger partial charge is 0.462 e. The van der Waals surface area contributed by atoms with Crippen LogP contribution in [0.1, 0.15) is 55.1 Å². The van der Waals surface area contributed by atoms with Gasteiger partial charge in [-0.25, -0.2) is 4.79 Å². The highest BCUT2D eigenvalue weighted by atomic mass is 16.5. The second kappa shape index (κ2) is 4.63. The number of methoxy groups -OCH3 is 1. The molecule has 1 aliphatic carbocycles. The molecule has 0 aliphatic heterocycles. The minimum atomic E-state index is -0.567. The summed E-state index contributed by atoms with van der Waals surface area (Å²) in [7, 11) is 1.30. The van der Waals surface area contributed by atoms with Gasteiger partial charge in [0.25, 0.3) is 0 Å². The second-order valence-corrected chi connectivity index (χ2v) is 4.39. The fourth-order valence-corrected chi connectivity index (χ4v) is 2.08. The molecule has 0 radical (unpaired) electrons. The average molecular weight is 224 g/mol. The third kappa shape index (κ3) is 2.23. The van der Waals surface area contributed by atoms with Gasteiger partial charge in [-0.1, -0.05) is 6.92 Å². The molecule has 2 rings (SSSR count). The van der Waals surface area contributed by atoms with Crippen LogP contribution >= 0.6 is 0 Å². The monoisotopic (exact) mass is 224 g/mol. The van der Waals surface area contributed by atoms with Crippen LogP contribution in [0.4, 0.5) is 0 Å². The van der Waals surface area contributed by atoms with E-state index in [4.69, 9.17) is 4.42 Å². The Bertz CT molecular complexity index is 367. The topological polar surface area (TPSA) is 65.2 Å². The van der Waals surface area contributed by atoms with E-state index in [0.29, 0.717) is 11.8 Å². The van der Waals surface area contributed by atoms with Gasteiger partial charge in [0.15, 0.2) is 0 Å². The molecule has 1 fully saturated rings. The highest BCUT2D eigenvalue weighted by Crippen LogP contribution is 2.34. The lowest BCUT2D eigenvalue weighted by Crippen LogP contribution is -2.11. The van der Waals surface area contributed by atoms with E-state index in [1.165, 1.54) is 20.0 Å². The van der Waals surface area contributed by atoms with Crippen LogP contribution in [-0.4, -0.2) is 23.3 Å². The number of ether oxygens (including phenoxy) is 1. The summed E-state index contributed by atoms with van der Waals surface area (Å²) in [6, 6.07) is 0. The first-order chi connectivity index (χ1) is 7.70. The number of carbonyl (C=O) groups is 1. The molecule has 0 bridgehead atoms. The summed E-state index contributed by atoms with van der Waals surface area (Å²) in [6.07, 6.45) is 4.48. The lowest BCUT2D eigenvalue weighted by Gasteiger charge is -2.23. The van der Waals surface area contributed by atoms with Crippen molar-refractivity contribution < 1.29 is 13.9 Å². The lowest BCUT2D eigenvalue weighted by molar-refractivity contribution is 0.0552. The summed E-state index contributed by atoms with van der Waals surface area (Å²) >= 11 is 0. The van der Waals surface area contributed by atoms with Gasteiger partial charge in [-0.3, -0.25) is 0 Å². The summed E-state index contributed by atoms with van der Waals surface area (Å²) in [5.74, 6) is 1.05. The minimum Gasteiger partial charge on any atom is -0.462 e. The predicted octanol–water partition coefficient (Wildman–Crippen LogP) is 2.15. The Morgan fingerprint density at radius 3 is 2.62 bits per heavy atom. The van der Waals surface area contributed by atoms with Crippen molar-refractivity contribution in [3.05, 3.63) is 11.8 Å². The fourth-order valence-electron chi connectivity index (χ4n) is 2.08. The Morgan fingerprint density at radius 1 is 1.31 bits per heavy atom. The van der Waals surface area contributed by atoms with Crippen molar-refractivity contribution in [1.29, 1.82) is 0 Å². The van der Waals surface area contributed by atoms with Crippen molar-refractivity contribution in [1.82, 2.24) is 10.2 Å². The molecule has 1 saturated carbocycles. The maximum Gasteiger partial charge on any atom is 0.396 e. The zero-order valence-corrected chi connectivity index (χ0v) is 9.60. The first-order valence-corrected chi connectivity index (χ1v) is 5.62. The molecule has 0 spiro atoms. The zero-order chi connectivity index (χ0) is 11.5. The molecule has 0 amide bonds. The van der Waals surface area contributed by atoms with Gasteiger partial charge in [0, 0.05) is 5.92 Å². The van der Waals surface area contributed by atoms with Gasteiger partial charge < -0.3 is 9.15 Å². The lowest BCUT2D eigenvalue weighted by atomic mass is 9.83. The molecule has 0 aromatic carbocycles. The van der Waals surface area contributed by atoms with Crippen molar-refractivity contribution >= 4 is 5.97 Å². The average Bonchev–Trinajstić information content (AvgIpc) is 2.78. The Hall–Kier alpha value is -1.39. The molecule has 5 heteroatoms. The van der Waals surface area contributed by atoms with E-state index >= 15 is 0 Å². The van der Waals surface area contributed by atoms with Gasteiger partial charge in [-0.2, -0.15) is 0 Å². The van der Waals surface area contributed by atoms with Gasteiger partial charge >= 0.3 is 11.9 Å². The van der Waals surface area contributed by atoms with Gasteiger partial charge in [-0.05, 0) is 31.6 Å². The third-order valence-corrected chi connectivity index (χ3v) is 3.17. The van der Waals surface area contributed by atoms with Crippen LogP contribution in [0, 0.1) is 5.92 Å². The van der Waals surface area contributed by atoms with Crippen molar-refractivity contribution in [2.45, 2.75) is 38.5 Å². The molecule has 1 aromatic heterocycles. The van der Waals surface area contributed by atoms with Crippen molar-refractivity contribution in [2.75, 3.05) is 7.11 Å². The van der Waals surface area contributed by atoms with Crippen LogP contribution in [-0.2, 0) is 4.74 Å². The molecule has 0 unspecified atom stereocenters. The summed E-state index contributed by atoms with van der Waals surface area (Å²) in [5.41, 5.74) is 0. The molecule has 0 saturated heterocycles. The summed E-state index contributed by atoms with van der Waals surface area (Å²) < 4.78 is 9.83. The standard InChI is InChI=1S/C11H16N2O3/c1-7-3-5-8(6-4-7)9-12-13-10(16-9)11(14)15-2/h7-8H,3-6H2,1-2H3. The normalized spacial score (nSPS) is 25.4. The van der Waals surface area contributed by atoms with E-state index in [2.05, 4.69) is 21.9 Å². The Labute approximate surface area is 94.2 Å². The number of esters is 1. The Morgan fingerprint density at radius 2 is 2.00 bits per heavy atom. The quantitative estimate of drug-likeness (QED) is 0.720. The second-order valence-electron chi connectivity index (χ2n) is 4.39. The third-order valence-electron chi connectivity index (χ3n) is 3.17.